The number of rotatable bonds is 12. The SMILES string of the molecule is CNCCCNCCCNCCCCN. The van der Waals surface area contributed by atoms with Crippen molar-refractivity contribution in [3.05, 3.63) is 0 Å². The fraction of sp³-hybridized carbons (Fsp3) is 1.00. The minimum absolute atomic E-state index is 0.814. The smallest absolute Gasteiger partial charge is 0.00368 e. The van der Waals surface area contributed by atoms with E-state index in [0.717, 1.165) is 45.7 Å². The summed E-state index contributed by atoms with van der Waals surface area (Å²) < 4.78 is 0. The van der Waals surface area contributed by atoms with Gasteiger partial charge < -0.3 is 21.7 Å². The van der Waals surface area contributed by atoms with Crippen LogP contribution in [0.4, 0.5) is 0 Å². The zero-order valence-electron chi connectivity index (χ0n) is 10.1. The van der Waals surface area contributed by atoms with E-state index in [0.29, 0.717) is 0 Å². The first-order valence-corrected chi connectivity index (χ1v) is 6.18. The average molecular weight is 216 g/mol. The topological polar surface area (TPSA) is 62.1 Å². The molecule has 0 saturated carbocycles. The molecule has 0 unspecified atom stereocenters. The lowest BCUT2D eigenvalue weighted by molar-refractivity contribution is 0.565. The Hall–Kier alpha value is -0.160. The average Bonchev–Trinajstić information content (AvgIpc) is 2.26. The molecule has 0 aliphatic heterocycles. The molecule has 0 saturated heterocycles. The molecule has 0 fully saturated rings. The second-order valence-corrected chi connectivity index (χ2v) is 3.81. The van der Waals surface area contributed by atoms with Gasteiger partial charge in [0, 0.05) is 0 Å². The van der Waals surface area contributed by atoms with Crippen molar-refractivity contribution in [3.8, 4) is 0 Å². The van der Waals surface area contributed by atoms with Crippen LogP contribution in [0.15, 0.2) is 0 Å². The predicted molar refractivity (Wildman–Crippen MR) is 67.2 cm³/mol. The van der Waals surface area contributed by atoms with Gasteiger partial charge in [-0.1, -0.05) is 0 Å². The van der Waals surface area contributed by atoms with E-state index in [1.165, 1.54) is 19.3 Å². The molecule has 5 N–H and O–H groups in total. The van der Waals surface area contributed by atoms with Crippen molar-refractivity contribution in [2.24, 2.45) is 5.73 Å². The quantitative estimate of drug-likeness (QED) is 0.344. The van der Waals surface area contributed by atoms with Crippen molar-refractivity contribution in [3.63, 3.8) is 0 Å². The molecule has 0 aliphatic carbocycles. The predicted octanol–water partition coefficient (Wildman–Crippen LogP) is -0.0959. The van der Waals surface area contributed by atoms with Crippen LogP contribution in [-0.2, 0) is 0 Å². The molecule has 4 nitrogen and oxygen atoms in total. The maximum atomic E-state index is 5.41. The third kappa shape index (κ3) is 13.8. The van der Waals surface area contributed by atoms with Crippen LogP contribution < -0.4 is 21.7 Å². The molecule has 0 aromatic heterocycles. The van der Waals surface area contributed by atoms with Gasteiger partial charge in [-0.25, -0.2) is 0 Å². The van der Waals surface area contributed by atoms with Crippen LogP contribution in [0.2, 0.25) is 0 Å². The standard InChI is InChI=1S/C11H28N4/c1-13-7-4-9-15-11-5-10-14-8-3-2-6-12/h13-15H,2-12H2,1H3. The van der Waals surface area contributed by atoms with Crippen LogP contribution in [0.3, 0.4) is 0 Å². The number of nitrogens with one attached hydrogen (secondary N) is 3. The Morgan fingerprint density at radius 3 is 1.80 bits per heavy atom. The molecule has 0 atom stereocenters. The third-order valence-corrected chi connectivity index (χ3v) is 2.30. The first-order chi connectivity index (χ1) is 7.41. The Morgan fingerprint density at radius 2 is 1.27 bits per heavy atom. The van der Waals surface area contributed by atoms with Crippen LogP contribution in [0, 0.1) is 0 Å². The molecule has 15 heavy (non-hydrogen) atoms. The largest absolute Gasteiger partial charge is 0.330 e. The van der Waals surface area contributed by atoms with E-state index in [2.05, 4.69) is 16.0 Å². The zero-order valence-corrected chi connectivity index (χ0v) is 10.1. The fourth-order valence-electron chi connectivity index (χ4n) is 1.37. The second kappa shape index (κ2) is 13.8. The van der Waals surface area contributed by atoms with Crippen molar-refractivity contribution in [1.29, 1.82) is 0 Å². The number of unbranched alkanes of at least 4 members (excludes halogenated alkanes) is 1. The number of hydrogen-bond donors (Lipinski definition) is 4. The van der Waals surface area contributed by atoms with Gasteiger partial charge in [0.15, 0.2) is 0 Å². The molecule has 0 heterocycles. The molecule has 0 radical (unpaired) electrons. The number of hydrogen-bond acceptors (Lipinski definition) is 4. The maximum absolute atomic E-state index is 5.41. The van der Waals surface area contributed by atoms with Crippen LogP contribution in [0.1, 0.15) is 25.7 Å². The first-order valence-electron chi connectivity index (χ1n) is 6.18. The van der Waals surface area contributed by atoms with Gasteiger partial charge in [0.1, 0.15) is 0 Å². The molecule has 0 rings (SSSR count). The van der Waals surface area contributed by atoms with Crippen molar-refractivity contribution in [1.82, 2.24) is 16.0 Å². The molecule has 4 heteroatoms. The molecular formula is C11H28N4. The lowest BCUT2D eigenvalue weighted by atomic mass is 10.3. The van der Waals surface area contributed by atoms with Gasteiger partial charge >= 0.3 is 0 Å². The monoisotopic (exact) mass is 216 g/mol. The van der Waals surface area contributed by atoms with Gasteiger partial charge in [-0.3, -0.25) is 0 Å². The fourth-order valence-corrected chi connectivity index (χ4v) is 1.37. The van der Waals surface area contributed by atoms with Gasteiger partial charge in [0.05, 0.1) is 0 Å². The first kappa shape index (κ1) is 14.8. The van der Waals surface area contributed by atoms with Gasteiger partial charge in [-0.2, -0.15) is 0 Å². The Morgan fingerprint density at radius 1 is 0.733 bits per heavy atom. The lowest BCUT2D eigenvalue weighted by Gasteiger charge is -2.05. The summed E-state index contributed by atoms with van der Waals surface area (Å²) in [7, 11) is 1.99. The molecule has 0 aliphatic rings. The van der Waals surface area contributed by atoms with E-state index in [9.17, 15) is 0 Å². The summed E-state index contributed by atoms with van der Waals surface area (Å²) in [5.74, 6) is 0. The summed E-state index contributed by atoms with van der Waals surface area (Å²) >= 11 is 0. The van der Waals surface area contributed by atoms with Crippen molar-refractivity contribution in [2.75, 3.05) is 46.3 Å². The van der Waals surface area contributed by atoms with E-state index >= 15 is 0 Å². The van der Waals surface area contributed by atoms with Crippen LogP contribution in [0.5, 0.6) is 0 Å². The minimum Gasteiger partial charge on any atom is -0.330 e. The summed E-state index contributed by atoms with van der Waals surface area (Å²) in [6.07, 6.45) is 4.75. The van der Waals surface area contributed by atoms with E-state index in [1.54, 1.807) is 0 Å². The summed E-state index contributed by atoms with van der Waals surface area (Å²) in [4.78, 5) is 0. The molecule has 0 aromatic carbocycles. The second-order valence-electron chi connectivity index (χ2n) is 3.81. The summed E-state index contributed by atoms with van der Waals surface area (Å²) in [5, 5.41) is 9.97. The Balaban J connectivity index is 2.81. The summed E-state index contributed by atoms with van der Waals surface area (Å²) in [5.41, 5.74) is 5.41. The highest BCUT2D eigenvalue weighted by Gasteiger charge is 1.89. The highest BCUT2D eigenvalue weighted by molar-refractivity contribution is 4.53. The van der Waals surface area contributed by atoms with Gasteiger partial charge in [-0.05, 0) is 72.0 Å². The molecular weight excluding hydrogens is 188 g/mol. The Bertz CT molecular complexity index is 96.8. The van der Waals surface area contributed by atoms with Gasteiger partial charge in [0.25, 0.3) is 0 Å². The zero-order chi connectivity index (χ0) is 11.2. The van der Waals surface area contributed by atoms with E-state index in [1.807, 2.05) is 7.05 Å². The van der Waals surface area contributed by atoms with Crippen molar-refractivity contribution < 1.29 is 0 Å². The molecule has 0 bridgehead atoms. The Labute approximate surface area is 94.4 Å². The highest BCUT2D eigenvalue weighted by Crippen LogP contribution is 1.82. The van der Waals surface area contributed by atoms with E-state index in [4.69, 9.17) is 5.73 Å². The molecule has 0 aromatic rings. The van der Waals surface area contributed by atoms with Crippen molar-refractivity contribution >= 4 is 0 Å². The van der Waals surface area contributed by atoms with Crippen LogP contribution in [0.25, 0.3) is 0 Å². The Kier molecular flexibility index (Phi) is 13.7. The minimum atomic E-state index is 0.814. The summed E-state index contributed by atoms with van der Waals surface area (Å²) in [6.45, 7) is 6.38. The third-order valence-electron chi connectivity index (χ3n) is 2.30. The van der Waals surface area contributed by atoms with Gasteiger partial charge in [0.2, 0.25) is 0 Å². The molecule has 92 valence electrons. The number of nitrogens with two attached hydrogens (primary N) is 1. The lowest BCUT2D eigenvalue weighted by Crippen LogP contribution is -2.25. The van der Waals surface area contributed by atoms with Crippen molar-refractivity contribution in [2.45, 2.75) is 25.7 Å². The molecule has 0 spiro atoms. The normalized spacial score (nSPS) is 10.8. The maximum Gasteiger partial charge on any atom is -0.00368 e. The van der Waals surface area contributed by atoms with E-state index < -0.39 is 0 Å². The van der Waals surface area contributed by atoms with Crippen LogP contribution >= 0.6 is 0 Å². The molecule has 0 amide bonds. The van der Waals surface area contributed by atoms with E-state index in [-0.39, 0.29) is 0 Å². The summed E-state index contributed by atoms with van der Waals surface area (Å²) in [6, 6.07) is 0. The highest BCUT2D eigenvalue weighted by atomic mass is 14.9. The van der Waals surface area contributed by atoms with Crippen LogP contribution in [-0.4, -0.2) is 46.3 Å². The van der Waals surface area contributed by atoms with Gasteiger partial charge in [-0.15, -0.1) is 0 Å².